The molecule has 3 amide bonds. The molecule has 0 spiro atoms. The van der Waals surface area contributed by atoms with Crippen LogP contribution in [0.15, 0.2) is 24.3 Å². The Morgan fingerprint density at radius 1 is 1.16 bits per heavy atom. The van der Waals surface area contributed by atoms with Crippen LogP contribution < -0.4 is 10.6 Å². The van der Waals surface area contributed by atoms with Crippen LogP contribution >= 0.6 is 0 Å². The van der Waals surface area contributed by atoms with Crippen molar-refractivity contribution in [1.29, 1.82) is 0 Å². The predicted molar refractivity (Wildman–Crippen MR) is 125 cm³/mol. The number of nitrogens with one attached hydrogen (secondary N) is 2. The molecule has 7 nitrogen and oxygen atoms in total. The highest BCUT2D eigenvalue weighted by Crippen LogP contribution is 2.25. The third kappa shape index (κ3) is 8.17. The molecule has 0 radical (unpaired) electrons. The van der Waals surface area contributed by atoms with Gasteiger partial charge in [0.25, 0.3) is 0 Å². The molecule has 0 bridgehead atoms. The molecule has 1 aromatic carbocycles. The van der Waals surface area contributed by atoms with E-state index in [2.05, 4.69) is 10.6 Å². The first-order valence-electron chi connectivity index (χ1n) is 11.7. The van der Waals surface area contributed by atoms with Gasteiger partial charge >= 0.3 is 6.09 Å². The number of hydrogen-bond acceptors (Lipinski definition) is 4. The van der Waals surface area contributed by atoms with Crippen molar-refractivity contribution in [1.82, 2.24) is 15.5 Å². The first-order valence-corrected chi connectivity index (χ1v) is 11.7. The first kappa shape index (κ1) is 25.7. The van der Waals surface area contributed by atoms with Gasteiger partial charge in [-0.1, -0.05) is 56.0 Å². The Morgan fingerprint density at radius 2 is 1.84 bits per heavy atom. The van der Waals surface area contributed by atoms with Gasteiger partial charge in [-0.25, -0.2) is 4.79 Å². The van der Waals surface area contributed by atoms with Gasteiger partial charge in [-0.2, -0.15) is 0 Å². The highest BCUT2D eigenvalue weighted by Gasteiger charge is 2.32. The van der Waals surface area contributed by atoms with Gasteiger partial charge in [-0.15, -0.1) is 0 Å². The van der Waals surface area contributed by atoms with Gasteiger partial charge in [0.05, 0.1) is 0 Å². The van der Waals surface area contributed by atoms with E-state index in [0.29, 0.717) is 13.0 Å². The van der Waals surface area contributed by atoms with Gasteiger partial charge < -0.3 is 20.3 Å². The van der Waals surface area contributed by atoms with E-state index >= 15 is 0 Å². The molecule has 32 heavy (non-hydrogen) atoms. The summed E-state index contributed by atoms with van der Waals surface area (Å²) in [6.45, 7) is 9.41. The van der Waals surface area contributed by atoms with Crippen LogP contribution in [-0.2, 0) is 14.3 Å². The monoisotopic (exact) mass is 445 g/mol. The molecule has 1 aromatic rings. The van der Waals surface area contributed by atoms with Crippen LogP contribution in [0.1, 0.15) is 83.4 Å². The average molecular weight is 446 g/mol. The molecule has 2 N–H and O–H groups in total. The maximum atomic E-state index is 13.5. The van der Waals surface area contributed by atoms with Gasteiger partial charge in [0, 0.05) is 12.6 Å². The van der Waals surface area contributed by atoms with Gasteiger partial charge in [0.2, 0.25) is 11.8 Å². The van der Waals surface area contributed by atoms with E-state index in [1.165, 1.54) is 6.42 Å². The van der Waals surface area contributed by atoms with E-state index in [1.54, 1.807) is 25.7 Å². The summed E-state index contributed by atoms with van der Waals surface area (Å²) < 4.78 is 5.24. The normalized spacial score (nSPS) is 15.5. The fourth-order valence-electron chi connectivity index (χ4n) is 4.04. The van der Waals surface area contributed by atoms with Crippen LogP contribution in [0.25, 0.3) is 0 Å². The second-order valence-corrected chi connectivity index (χ2v) is 9.60. The van der Waals surface area contributed by atoms with Gasteiger partial charge in [0.1, 0.15) is 18.2 Å². The zero-order chi connectivity index (χ0) is 23.7. The van der Waals surface area contributed by atoms with E-state index in [9.17, 15) is 14.4 Å². The van der Waals surface area contributed by atoms with Crippen molar-refractivity contribution in [3.05, 3.63) is 35.4 Å². The highest BCUT2D eigenvalue weighted by molar-refractivity contribution is 5.90. The van der Waals surface area contributed by atoms with E-state index in [0.717, 1.165) is 36.8 Å². The summed E-state index contributed by atoms with van der Waals surface area (Å²) in [7, 11) is 0. The molecule has 1 atom stereocenters. The van der Waals surface area contributed by atoms with Crippen LogP contribution in [0, 0.1) is 6.92 Å². The lowest BCUT2D eigenvalue weighted by Crippen LogP contribution is -2.50. The molecule has 178 valence electrons. The number of aryl methyl sites for hydroxylation is 1. The van der Waals surface area contributed by atoms with Crippen LogP contribution in [0.5, 0.6) is 0 Å². The number of nitrogens with zero attached hydrogens (tertiary/aromatic N) is 1. The van der Waals surface area contributed by atoms with Crippen molar-refractivity contribution in [2.75, 3.05) is 13.1 Å². The quantitative estimate of drug-likeness (QED) is 0.626. The summed E-state index contributed by atoms with van der Waals surface area (Å²) in [5, 5.41) is 5.71. The lowest BCUT2D eigenvalue weighted by molar-refractivity contribution is -0.140. The fourth-order valence-corrected chi connectivity index (χ4v) is 4.04. The topological polar surface area (TPSA) is 87.7 Å². The third-order valence-corrected chi connectivity index (χ3v) is 5.44. The minimum atomic E-state index is -0.746. The smallest absolute Gasteiger partial charge is 0.408 e. The summed E-state index contributed by atoms with van der Waals surface area (Å²) in [5.74, 6) is -0.482. The standard InChI is InChI=1S/C25H39N3O4/c1-6-15-28(21(29)17-26-24(31)32-25(3,4)5)22(19-12-10-11-18(2)16-19)23(30)27-20-13-8-7-9-14-20/h10-12,16,20,22H,6-9,13-15,17H2,1-5H3,(H,26,31)(H,27,30). The highest BCUT2D eigenvalue weighted by atomic mass is 16.6. The molecular weight excluding hydrogens is 406 g/mol. The Bertz CT molecular complexity index is 782. The summed E-state index contributed by atoms with van der Waals surface area (Å²) >= 11 is 0. The van der Waals surface area contributed by atoms with E-state index < -0.39 is 17.7 Å². The van der Waals surface area contributed by atoms with E-state index in [4.69, 9.17) is 4.74 Å². The van der Waals surface area contributed by atoms with Crippen molar-refractivity contribution in [2.45, 2.75) is 90.8 Å². The Balaban J connectivity index is 2.22. The Hall–Kier alpha value is -2.57. The molecular formula is C25H39N3O4. The van der Waals surface area contributed by atoms with Crippen molar-refractivity contribution in [3.63, 3.8) is 0 Å². The molecule has 0 saturated heterocycles. The lowest BCUT2D eigenvalue weighted by Gasteiger charge is -2.33. The molecule has 7 heteroatoms. The molecule has 0 aliphatic heterocycles. The van der Waals surface area contributed by atoms with Crippen molar-refractivity contribution < 1.29 is 19.1 Å². The van der Waals surface area contributed by atoms with Crippen LogP contribution in [-0.4, -0.2) is 47.5 Å². The largest absolute Gasteiger partial charge is 0.444 e. The number of rotatable bonds is 8. The number of carbonyl (C=O) groups is 3. The Morgan fingerprint density at radius 3 is 2.44 bits per heavy atom. The summed E-state index contributed by atoms with van der Waals surface area (Å²) in [6, 6.07) is 7.10. The number of carbonyl (C=O) groups excluding carboxylic acids is 3. The number of benzene rings is 1. The molecule has 0 heterocycles. The second kappa shape index (κ2) is 11.9. The number of ether oxygens (including phenoxy) is 1. The zero-order valence-corrected chi connectivity index (χ0v) is 20.2. The molecule has 1 aliphatic rings. The Labute approximate surface area is 192 Å². The van der Waals surface area contributed by atoms with Crippen LogP contribution in [0.3, 0.4) is 0 Å². The van der Waals surface area contributed by atoms with E-state index in [-0.39, 0.29) is 24.4 Å². The molecule has 1 aliphatic carbocycles. The average Bonchev–Trinajstić information content (AvgIpc) is 2.71. The number of hydrogen-bond donors (Lipinski definition) is 2. The van der Waals surface area contributed by atoms with Gasteiger partial charge in [-0.05, 0) is 52.5 Å². The fraction of sp³-hybridized carbons (Fsp3) is 0.640. The SMILES string of the molecule is CCCN(C(=O)CNC(=O)OC(C)(C)C)C(C(=O)NC1CCCCC1)c1cccc(C)c1. The lowest BCUT2D eigenvalue weighted by atomic mass is 9.94. The third-order valence-electron chi connectivity index (χ3n) is 5.44. The summed E-state index contributed by atoms with van der Waals surface area (Å²) in [4.78, 5) is 40.2. The minimum Gasteiger partial charge on any atom is -0.444 e. The van der Waals surface area contributed by atoms with E-state index in [1.807, 2.05) is 38.1 Å². The zero-order valence-electron chi connectivity index (χ0n) is 20.2. The maximum absolute atomic E-state index is 13.5. The van der Waals surface area contributed by atoms with Crippen LogP contribution in [0.2, 0.25) is 0 Å². The number of alkyl carbamates (subject to hydrolysis) is 1. The summed E-state index contributed by atoms with van der Waals surface area (Å²) in [6.07, 6.45) is 5.39. The second-order valence-electron chi connectivity index (χ2n) is 9.60. The van der Waals surface area contributed by atoms with Gasteiger partial charge in [0.15, 0.2) is 0 Å². The first-order chi connectivity index (χ1) is 15.1. The molecule has 0 aromatic heterocycles. The van der Waals surface area contributed by atoms with Crippen molar-refractivity contribution in [2.24, 2.45) is 0 Å². The number of amides is 3. The minimum absolute atomic E-state index is 0.141. The molecule has 1 saturated carbocycles. The molecule has 2 rings (SSSR count). The van der Waals surface area contributed by atoms with Gasteiger partial charge in [-0.3, -0.25) is 9.59 Å². The molecule has 1 unspecified atom stereocenters. The summed E-state index contributed by atoms with van der Waals surface area (Å²) in [5.41, 5.74) is 1.14. The van der Waals surface area contributed by atoms with Crippen molar-refractivity contribution >= 4 is 17.9 Å². The predicted octanol–water partition coefficient (Wildman–Crippen LogP) is 4.25. The maximum Gasteiger partial charge on any atom is 0.408 e. The van der Waals surface area contributed by atoms with Crippen LogP contribution in [0.4, 0.5) is 4.79 Å². The molecule has 1 fully saturated rings. The Kier molecular flexibility index (Phi) is 9.54. The van der Waals surface area contributed by atoms with Crippen molar-refractivity contribution in [3.8, 4) is 0 Å².